The third-order valence-electron chi connectivity index (χ3n) is 1.97. The van der Waals surface area contributed by atoms with Crippen molar-refractivity contribution in [3.05, 3.63) is 21.9 Å². The number of aromatic nitrogens is 2. The Hall–Kier alpha value is -0.920. The fraction of sp³-hybridized carbons (Fsp3) is 0.222. The van der Waals surface area contributed by atoms with Gasteiger partial charge in [0, 0.05) is 7.05 Å². The normalized spacial score (nSPS) is 11.3. The Balaban J connectivity index is 2.63. The number of halogens is 3. The highest BCUT2D eigenvalue weighted by atomic mass is 127. The van der Waals surface area contributed by atoms with Gasteiger partial charge in [-0.15, -0.1) is 0 Å². The molecule has 3 nitrogen and oxygen atoms in total. The number of ether oxygens (including phenoxy) is 1. The van der Waals surface area contributed by atoms with Crippen LogP contribution in [0.5, 0.6) is 5.75 Å². The maximum absolute atomic E-state index is 12.1. The van der Waals surface area contributed by atoms with E-state index in [2.05, 4.69) is 9.84 Å². The maximum atomic E-state index is 12.1. The van der Waals surface area contributed by atoms with E-state index in [4.69, 9.17) is 0 Å². The summed E-state index contributed by atoms with van der Waals surface area (Å²) < 4.78 is 31.1. The van der Waals surface area contributed by atoms with Crippen LogP contribution < -0.4 is 4.74 Å². The van der Waals surface area contributed by atoms with Crippen LogP contribution in [0.3, 0.4) is 0 Å². The Labute approximate surface area is 98.2 Å². The summed E-state index contributed by atoms with van der Waals surface area (Å²) in [4.78, 5) is 0. The predicted molar refractivity (Wildman–Crippen MR) is 60.1 cm³/mol. The van der Waals surface area contributed by atoms with Crippen molar-refractivity contribution in [2.45, 2.75) is 6.61 Å². The Morgan fingerprint density at radius 3 is 2.87 bits per heavy atom. The Kier molecular flexibility index (Phi) is 2.76. The smallest absolute Gasteiger partial charge is 0.387 e. The molecule has 2 aromatic rings. The lowest BCUT2D eigenvalue weighted by molar-refractivity contribution is -0.0488. The molecule has 1 heterocycles. The van der Waals surface area contributed by atoms with Crippen molar-refractivity contribution in [3.63, 3.8) is 0 Å². The quantitative estimate of drug-likeness (QED) is 0.795. The third-order valence-corrected chi connectivity index (χ3v) is 3.21. The molecule has 0 amide bonds. The maximum Gasteiger partial charge on any atom is 0.387 e. The molecule has 0 radical (unpaired) electrons. The zero-order chi connectivity index (χ0) is 11.0. The van der Waals surface area contributed by atoms with Crippen molar-refractivity contribution in [2.75, 3.05) is 0 Å². The minimum atomic E-state index is -2.81. The minimum Gasteiger partial charge on any atom is -0.434 e. The fourth-order valence-electron chi connectivity index (χ4n) is 1.37. The second kappa shape index (κ2) is 3.92. The number of rotatable bonds is 2. The van der Waals surface area contributed by atoms with Crippen molar-refractivity contribution in [1.82, 2.24) is 9.78 Å². The van der Waals surface area contributed by atoms with Gasteiger partial charge in [-0.1, -0.05) is 6.07 Å². The Bertz CT molecular complexity index is 498. The molecule has 0 aliphatic rings. The van der Waals surface area contributed by atoms with Crippen LogP contribution >= 0.6 is 22.6 Å². The van der Waals surface area contributed by atoms with Gasteiger partial charge < -0.3 is 4.74 Å². The number of alkyl halides is 2. The lowest BCUT2D eigenvalue weighted by atomic mass is 10.2. The molecule has 0 aliphatic heterocycles. The van der Waals surface area contributed by atoms with Gasteiger partial charge in [0.15, 0.2) is 0 Å². The highest BCUT2D eigenvalue weighted by Gasteiger charge is 2.14. The topological polar surface area (TPSA) is 27.1 Å². The summed E-state index contributed by atoms with van der Waals surface area (Å²) in [5, 5.41) is 4.79. The van der Waals surface area contributed by atoms with Gasteiger partial charge in [0.25, 0.3) is 0 Å². The molecule has 0 saturated carbocycles. The van der Waals surface area contributed by atoms with E-state index in [0.717, 1.165) is 3.70 Å². The molecule has 0 aliphatic carbocycles. The van der Waals surface area contributed by atoms with Gasteiger partial charge in [0.05, 0.1) is 10.9 Å². The summed E-state index contributed by atoms with van der Waals surface area (Å²) >= 11 is 2.05. The van der Waals surface area contributed by atoms with Crippen molar-refractivity contribution >= 4 is 33.5 Å². The molecule has 0 bridgehead atoms. The second-order valence-electron chi connectivity index (χ2n) is 2.94. The molecule has 0 N–H and O–H groups in total. The first-order chi connectivity index (χ1) is 7.09. The molecule has 0 fully saturated rings. The number of fused-ring (bicyclic) bond motifs is 1. The molecule has 1 aromatic heterocycles. The standard InChI is InChI=1S/C9H7F2IN2O/c1-14-8(12)7-5(13-14)3-2-4-6(7)15-9(10)11/h2-4,9H,1H3. The molecule has 0 saturated heterocycles. The van der Waals surface area contributed by atoms with E-state index < -0.39 is 6.61 Å². The van der Waals surface area contributed by atoms with Crippen LogP contribution in [0.1, 0.15) is 0 Å². The van der Waals surface area contributed by atoms with Gasteiger partial charge in [-0.2, -0.15) is 13.9 Å². The molecule has 0 unspecified atom stereocenters. The van der Waals surface area contributed by atoms with Crippen LogP contribution in [0, 0.1) is 3.70 Å². The molecular weight excluding hydrogens is 317 g/mol. The first kappa shape index (κ1) is 10.6. The highest BCUT2D eigenvalue weighted by molar-refractivity contribution is 14.1. The van der Waals surface area contributed by atoms with Gasteiger partial charge in [0.2, 0.25) is 0 Å². The predicted octanol–water partition coefficient (Wildman–Crippen LogP) is 2.78. The summed E-state index contributed by atoms with van der Waals surface area (Å²) in [5.74, 6) is 0.167. The van der Waals surface area contributed by atoms with Gasteiger partial charge >= 0.3 is 6.61 Å². The average molecular weight is 324 g/mol. The monoisotopic (exact) mass is 324 g/mol. The average Bonchev–Trinajstić information content (AvgIpc) is 2.43. The van der Waals surface area contributed by atoms with E-state index >= 15 is 0 Å². The van der Waals surface area contributed by atoms with Gasteiger partial charge in [-0.25, -0.2) is 0 Å². The fourth-order valence-corrected chi connectivity index (χ4v) is 2.02. The van der Waals surface area contributed by atoms with Crippen LogP contribution in [0.2, 0.25) is 0 Å². The summed E-state index contributed by atoms with van der Waals surface area (Å²) in [6.45, 7) is -2.81. The van der Waals surface area contributed by atoms with Crippen LogP contribution in [-0.4, -0.2) is 16.4 Å². The molecule has 1 aromatic carbocycles. The molecule has 0 spiro atoms. The summed E-state index contributed by atoms with van der Waals surface area (Å²) in [6, 6.07) is 4.91. The van der Waals surface area contributed by atoms with Gasteiger partial charge in [-0.3, -0.25) is 4.68 Å². The third kappa shape index (κ3) is 1.90. The zero-order valence-corrected chi connectivity index (χ0v) is 9.90. The molecule has 0 atom stereocenters. The Morgan fingerprint density at radius 1 is 1.47 bits per heavy atom. The van der Waals surface area contributed by atoms with E-state index in [9.17, 15) is 8.78 Å². The summed E-state index contributed by atoms with van der Waals surface area (Å²) in [5.41, 5.74) is 0.653. The van der Waals surface area contributed by atoms with Gasteiger partial charge in [0.1, 0.15) is 9.45 Å². The first-order valence-electron chi connectivity index (χ1n) is 4.15. The lowest BCUT2D eigenvalue weighted by Gasteiger charge is -2.04. The van der Waals surface area contributed by atoms with Crippen molar-refractivity contribution in [1.29, 1.82) is 0 Å². The van der Waals surface area contributed by atoms with E-state index in [0.29, 0.717) is 10.9 Å². The van der Waals surface area contributed by atoms with Gasteiger partial charge in [-0.05, 0) is 34.7 Å². The minimum absolute atomic E-state index is 0.167. The van der Waals surface area contributed by atoms with E-state index in [1.807, 2.05) is 22.6 Å². The van der Waals surface area contributed by atoms with E-state index in [-0.39, 0.29) is 5.75 Å². The van der Waals surface area contributed by atoms with Crippen molar-refractivity contribution in [3.8, 4) is 5.75 Å². The van der Waals surface area contributed by atoms with Crippen LogP contribution in [-0.2, 0) is 7.05 Å². The van der Waals surface area contributed by atoms with Crippen molar-refractivity contribution in [2.24, 2.45) is 7.05 Å². The summed E-state index contributed by atoms with van der Waals surface area (Å²) in [7, 11) is 1.76. The summed E-state index contributed by atoms with van der Waals surface area (Å²) in [6.07, 6.45) is 0. The number of nitrogens with zero attached hydrogens (tertiary/aromatic N) is 2. The van der Waals surface area contributed by atoms with Crippen LogP contribution in [0.4, 0.5) is 8.78 Å². The highest BCUT2D eigenvalue weighted by Crippen LogP contribution is 2.30. The number of hydrogen-bond acceptors (Lipinski definition) is 2. The van der Waals surface area contributed by atoms with E-state index in [1.54, 1.807) is 23.9 Å². The molecule has 15 heavy (non-hydrogen) atoms. The molecule has 80 valence electrons. The lowest BCUT2D eigenvalue weighted by Crippen LogP contribution is -2.02. The number of benzene rings is 1. The first-order valence-corrected chi connectivity index (χ1v) is 5.23. The SMILES string of the molecule is Cn1nc2cccc(OC(F)F)c2c1I. The van der Waals surface area contributed by atoms with Crippen LogP contribution in [0.15, 0.2) is 18.2 Å². The molecule has 6 heteroatoms. The zero-order valence-electron chi connectivity index (χ0n) is 7.75. The molecular formula is C9H7F2IN2O. The number of aryl methyl sites for hydroxylation is 1. The second-order valence-corrected chi connectivity index (χ2v) is 3.97. The van der Waals surface area contributed by atoms with Crippen molar-refractivity contribution < 1.29 is 13.5 Å². The Morgan fingerprint density at radius 2 is 2.20 bits per heavy atom. The molecule has 2 rings (SSSR count). The number of hydrogen-bond donors (Lipinski definition) is 0. The van der Waals surface area contributed by atoms with E-state index in [1.165, 1.54) is 6.07 Å². The van der Waals surface area contributed by atoms with Crippen LogP contribution in [0.25, 0.3) is 10.9 Å². The largest absolute Gasteiger partial charge is 0.434 e.